The molecule has 0 bridgehead atoms. The fraction of sp³-hybridized carbons (Fsp3) is 0.167. The van der Waals surface area contributed by atoms with Crippen molar-refractivity contribution >= 4 is 17.4 Å². The molecule has 0 aliphatic rings. The average molecular weight is 289 g/mol. The van der Waals surface area contributed by atoms with Gasteiger partial charge in [-0.05, 0) is 31.2 Å². The summed E-state index contributed by atoms with van der Waals surface area (Å²) in [4.78, 5) is 11.2. The number of benzene rings is 1. The van der Waals surface area contributed by atoms with Gasteiger partial charge in [0.1, 0.15) is 0 Å². The van der Waals surface area contributed by atoms with E-state index in [0.717, 1.165) is 16.9 Å². The predicted octanol–water partition coefficient (Wildman–Crippen LogP) is 3.75. The van der Waals surface area contributed by atoms with Gasteiger partial charge in [-0.25, -0.2) is 4.68 Å². The second kappa shape index (κ2) is 4.70. The van der Waals surface area contributed by atoms with Crippen molar-refractivity contribution in [3.05, 3.63) is 46.7 Å². The van der Waals surface area contributed by atoms with Crippen LogP contribution in [0.3, 0.4) is 0 Å². The zero-order chi connectivity index (χ0) is 14.2. The highest BCUT2D eigenvalue weighted by atomic mass is 35.5. The van der Waals surface area contributed by atoms with Crippen molar-refractivity contribution in [2.45, 2.75) is 13.1 Å². The molecule has 2 aromatic rings. The maximum atomic E-state index is 12.4. The van der Waals surface area contributed by atoms with Gasteiger partial charge >= 0.3 is 6.18 Å². The Morgan fingerprint density at radius 1 is 1.32 bits per heavy atom. The Kier molecular flexibility index (Phi) is 3.36. The molecule has 1 aromatic carbocycles. The summed E-state index contributed by atoms with van der Waals surface area (Å²) in [5.41, 5.74) is -0.335. The van der Waals surface area contributed by atoms with Crippen LogP contribution in [0.4, 0.5) is 13.2 Å². The van der Waals surface area contributed by atoms with Crippen LogP contribution in [0.5, 0.6) is 0 Å². The van der Waals surface area contributed by atoms with Crippen LogP contribution in [-0.4, -0.2) is 15.6 Å². The Hall–Kier alpha value is -1.82. The van der Waals surface area contributed by atoms with Crippen LogP contribution < -0.4 is 0 Å². The number of carbonyl (C=O) groups excluding carboxylic acids is 1. The summed E-state index contributed by atoms with van der Waals surface area (Å²) in [6.45, 7) is 1.38. The van der Waals surface area contributed by atoms with Crippen molar-refractivity contribution in [3.63, 3.8) is 0 Å². The lowest BCUT2D eigenvalue weighted by molar-refractivity contribution is -0.141. The molecule has 0 aliphatic carbocycles. The Bertz CT molecular complexity index is 634. The molecular formula is C12H8ClF3N2O. The first-order valence-electron chi connectivity index (χ1n) is 5.23. The van der Waals surface area contributed by atoms with Crippen LogP contribution in [0, 0.1) is 0 Å². The Morgan fingerprint density at radius 2 is 2.00 bits per heavy atom. The Labute approximate surface area is 111 Å². The van der Waals surface area contributed by atoms with Crippen molar-refractivity contribution < 1.29 is 18.0 Å². The average Bonchev–Trinajstić information content (AvgIpc) is 2.77. The van der Waals surface area contributed by atoms with Crippen LogP contribution in [0.1, 0.15) is 23.0 Å². The van der Waals surface area contributed by atoms with Gasteiger partial charge in [-0.3, -0.25) is 4.79 Å². The molecule has 0 unspecified atom stereocenters. The van der Waals surface area contributed by atoms with E-state index < -0.39 is 11.9 Å². The van der Waals surface area contributed by atoms with Gasteiger partial charge in [0.05, 0.1) is 10.7 Å². The highest BCUT2D eigenvalue weighted by molar-refractivity contribution is 6.32. The van der Waals surface area contributed by atoms with Crippen LogP contribution >= 0.6 is 11.6 Å². The molecule has 0 N–H and O–H groups in total. The minimum Gasteiger partial charge on any atom is -0.295 e. The number of nitrogens with zero attached hydrogens (tertiary/aromatic N) is 2. The van der Waals surface area contributed by atoms with Crippen molar-refractivity contribution in [2.24, 2.45) is 0 Å². The first kappa shape index (κ1) is 13.6. The highest BCUT2D eigenvalue weighted by Crippen LogP contribution is 2.29. The number of aromatic nitrogens is 2. The van der Waals surface area contributed by atoms with Gasteiger partial charge in [0, 0.05) is 11.8 Å². The number of Topliss-reactive ketones (excluding diaryl/α,β-unsaturated/α-hetero) is 1. The van der Waals surface area contributed by atoms with Gasteiger partial charge in [-0.2, -0.15) is 18.3 Å². The highest BCUT2D eigenvalue weighted by Gasteiger charge is 2.33. The number of rotatable bonds is 2. The van der Waals surface area contributed by atoms with Crippen LogP contribution in [0.2, 0.25) is 5.02 Å². The summed E-state index contributed by atoms with van der Waals surface area (Å²) in [6, 6.07) is 5.19. The second-order valence-electron chi connectivity index (χ2n) is 3.87. The predicted molar refractivity (Wildman–Crippen MR) is 63.6 cm³/mol. The Morgan fingerprint density at radius 3 is 2.47 bits per heavy atom. The molecule has 0 radical (unpaired) electrons. The molecule has 0 fully saturated rings. The normalized spacial score (nSPS) is 11.6. The number of ketones is 1. The monoisotopic (exact) mass is 288 g/mol. The number of halogens is 4. The Balaban J connectivity index is 2.43. The van der Waals surface area contributed by atoms with E-state index in [4.69, 9.17) is 11.6 Å². The molecule has 0 saturated carbocycles. The van der Waals surface area contributed by atoms with Crippen molar-refractivity contribution in [1.82, 2.24) is 9.78 Å². The lowest BCUT2D eigenvalue weighted by Crippen LogP contribution is -2.07. The second-order valence-corrected chi connectivity index (χ2v) is 4.27. The molecule has 0 aliphatic heterocycles. The van der Waals surface area contributed by atoms with Crippen molar-refractivity contribution in [1.29, 1.82) is 0 Å². The molecule has 0 atom stereocenters. The molecular weight excluding hydrogens is 281 g/mol. The molecule has 0 amide bonds. The molecule has 1 heterocycles. The summed E-state index contributed by atoms with van der Waals surface area (Å²) in [7, 11) is 0. The van der Waals surface area contributed by atoms with Crippen molar-refractivity contribution in [2.75, 3.05) is 0 Å². The molecule has 1 aromatic heterocycles. The van der Waals surface area contributed by atoms with Gasteiger partial charge < -0.3 is 0 Å². The first-order chi connectivity index (χ1) is 8.79. The minimum absolute atomic E-state index is 0.157. The topological polar surface area (TPSA) is 34.9 Å². The van der Waals surface area contributed by atoms with Gasteiger partial charge in [0.15, 0.2) is 11.5 Å². The van der Waals surface area contributed by atoms with E-state index in [9.17, 15) is 18.0 Å². The van der Waals surface area contributed by atoms with E-state index in [1.165, 1.54) is 25.1 Å². The molecule has 0 saturated heterocycles. The van der Waals surface area contributed by atoms with Crippen molar-refractivity contribution in [3.8, 4) is 5.69 Å². The number of carbonyl (C=O) groups is 1. The first-order valence-corrected chi connectivity index (χ1v) is 5.60. The van der Waals surface area contributed by atoms with E-state index >= 15 is 0 Å². The third kappa shape index (κ3) is 2.78. The summed E-state index contributed by atoms with van der Waals surface area (Å²) in [6.07, 6.45) is -3.34. The van der Waals surface area contributed by atoms with E-state index in [-0.39, 0.29) is 16.5 Å². The number of hydrogen-bond donors (Lipinski definition) is 0. The van der Waals surface area contributed by atoms with E-state index in [1.54, 1.807) is 0 Å². The zero-order valence-electron chi connectivity index (χ0n) is 9.70. The maximum Gasteiger partial charge on any atom is 0.435 e. The summed E-state index contributed by atoms with van der Waals surface area (Å²) in [5, 5.41) is 3.57. The van der Waals surface area contributed by atoms with Crippen LogP contribution in [0.25, 0.3) is 5.69 Å². The minimum atomic E-state index is -4.50. The third-order valence-electron chi connectivity index (χ3n) is 2.48. The van der Waals surface area contributed by atoms with Gasteiger partial charge in [0.2, 0.25) is 0 Å². The standard InChI is InChI=1S/C12H8ClF3N2O/c1-7(19)8-2-3-10(9(13)6-8)18-5-4-11(17-18)12(14,15)16/h2-6H,1H3. The molecule has 3 nitrogen and oxygen atoms in total. The van der Waals surface area contributed by atoms with Gasteiger partial charge in [-0.15, -0.1) is 0 Å². The summed E-state index contributed by atoms with van der Waals surface area (Å²) >= 11 is 5.94. The maximum absolute atomic E-state index is 12.4. The van der Waals surface area contributed by atoms with Crippen LogP contribution in [-0.2, 0) is 6.18 Å². The molecule has 0 spiro atoms. The van der Waals surface area contributed by atoms with E-state index in [2.05, 4.69) is 5.10 Å². The zero-order valence-corrected chi connectivity index (χ0v) is 10.5. The summed E-state index contributed by atoms with van der Waals surface area (Å²) in [5.74, 6) is -0.176. The fourth-order valence-corrected chi connectivity index (χ4v) is 1.79. The van der Waals surface area contributed by atoms with E-state index in [0.29, 0.717) is 5.56 Å². The van der Waals surface area contributed by atoms with Crippen LogP contribution in [0.15, 0.2) is 30.5 Å². The lowest BCUT2D eigenvalue weighted by atomic mass is 10.1. The lowest BCUT2D eigenvalue weighted by Gasteiger charge is -2.06. The van der Waals surface area contributed by atoms with Gasteiger partial charge in [0.25, 0.3) is 0 Å². The fourth-order valence-electron chi connectivity index (χ4n) is 1.52. The molecule has 19 heavy (non-hydrogen) atoms. The quantitative estimate of drug-likeness (QED) is 0.789. The SMILES string of the molecule is CC(=O)c1ccc(-n2ccc(C(F)(F)F)n2)c(Cl)c1. The number of hydrogen-bond acceptors (Lipinski definition) is 2. The summed E-state index contributed by atoms with van der Waals surface area (Å²) < 4.78 is 38.3. The third-order valence-corrected chi connectivity index (χ3v) is 2.78. The van der Waals surface area contributed by atoms with E-state index in [1.807, 2.05) is 0 Å². The molecule has 2 rings (SSSR count). The number of alkyl halides is 3. The largest absolute Gasteiger partial charge is 0.435 e. The molecule has 100 valence electrons. The molecule has 7 heteroatoms. The van der Waals surface area contributed by atoms with Gasteiger partial charge in [-0.1, -0.05) is 11.6 Å². The smallest absolute Gasteiger partial charge is 0.295 e.